The van der Waals surface area contributed by atoms with Crippen LogP contribution in [-0.2, 0) is 0 Å². The van der Waals surface area contributed by atoms with Crippen molar-refractivity contribution in [3.63, 3.8) is 0 Å². The number of likely N-dealkylation sites (N-methyl/N-ethyl adjacent to an activating group) is 1. The first-order valence-corrected chi connectivity index (χ1v) is 4.34. The van der Waals surface area contributed by atoms with Gasteiger partial charge in [-0.05, 0) is 13.1 Å². The molecule has 2 N–H and O–H groups in total. The van der Waals surface area contributed by atoms with E-state index in [1.165, 1.54) is 7.11 Å². The lowest BCUT2D eigenvalue weighted by Crippen LogP contribution is -2.18. The summed E-state index contributed by atoms with van der Waals surface area (Å²) in [5.74, 6) is -1.40. The van der Waals surface area contributed by atoms with E-state index < -0.39 is 11.6 Å². The van der Waals surface area contributed by atoms with Crippen LogP contribution in [0.3, 0.4) is 0 Å². The number of methoxy groups -OCH3 is 1. The number of hydrogen-bond acceptors (Lipinski definition) is 4. The van der Waals surface area contributed by atoms with E-state index in [0.29, 0.717) is 0 Å². The number of carbonyl (C=O) groups is 1. The molecular weight excluding hydrogens is 201 g/mol. The molecule has 0 saturated heterocycles. The number of phenolic OH excluding ortho intramolecular Hbond substituents is 1. The number of Topliss-reactive ketones (excluding diaryl/α,β-unsaturated/α-hetero) is 1. The lowest BCUT2D eigenvalue weighted by Gasteiger charge is -2.08. The third kappa shape index (κ3) is 2.44. The van der Waals surface area contributed by atoms with Crippen LogP contribution in [-0.4, -0.2) is 31.6 Å². The van der Waals surface area contributed by atoms with E-state index in [1.54, 1.807) is 7.05 Å². The summed E-state index contributed by atoms with van der Waals surface area (Å²) < 4.78 is 17.8. The number of ether oxygens (including phenoxy) is 1. The lowest BCUT2D eigenvalue weighted by molar-refractivity contribution is 0.0990. The normalized spacial score (nSPS) is 10.1. The molecule has 1 aromatic rings. The Morgan fingerprint density at radius 1 is 1.60 bits per heavy atom. The Hall–Kier alpha value is -1.62. The number of benzene rings is 1. The molecule has 15 heavy (non-hydrogen) atoms. The van der Waals surface area contributed by atoms with E-state index >= 15 is 0 Å². The zero-order valence-electron chi connectivity index (χ0n) is 8.50. The standard InChI is InChI=1S/C10H12FNO3/c1-12-5-8(13)7-3-6(11)4-9(15-2)10(7)14/h3-4,12,14H,5H2,1-2H3. The van der Waals surface area contributed by atoms with Gasteiger partial charge >= 0.3 is 0 Å². The van der Waals surface area contributed by atoms with Crippen molar-refractivity contribution >= 4 is 5.78 Å². The average molecular weight is 213 g/mol. The molecule has 0 aliphatic carbocycles. The fourth-order valence-electron chi connectivity index (χ4n) is 1.20. The number of halogens is 1. The molecule has 0 saturated carbocycles. The van der Waals surface area contributed by atoms with E-state index in [0.717, 1.165) is 12.1 Å². The van der Waals surface area contributed by atoms with Gasteiger partial charge in [-0.1, -0.05) is 0 Å². The molecule has 0 fully saturated rings. The Morgan fingerprint density at radius 3 is 2.80 bits per heavy atom. The summed E-state index contributed by atoms with van der Waals surface area (Å²) >= 11 is 0. The van der Waals surface area contributed by atoms with Crippen LogP contribution in [0.15, 0.2) is 12.1 Å². The van der Waals surface area contributed by atoms with Crippen LogP contribution >= 0.6 is 0 Å². The van der Waals surface area contributed by atoms with Gasteiger partial charge in [-0.3, -0.25) is 4.79 Å². The Kier molecular flexibility index (Phi) is 3.62. The Balaban J connectivity index is 3.17. The third-order valence-corrected chi connectivity index (χ3v) is 1.90. The van der Waals surface area contributed by atoms with Gasteiger partial charge in [-0.2, -0.15) is 0 Å². The molecule has 82 valence electrons. The SMILES string of the molecule is CNCC(=O)c1cc(F)cc(OC)c1O. The molecule has 0 radical (unpaired) electrons. The summed E-state index contributed by atoms with van der Waals surface area (Å²) in [6.45, 7) is 0.0279. The first kappa shape index (κ1) is 11.5. The number of nitrogens with one attached hydrogen (secondary N) is 1. The van der Waals surface area contributed by atoms with Crippen molar-refractivity contribution in [3.8, 4) is 11.5 Å². The molecule has 0 aliphatic rings. The highest BCUT2D eigenvalue weighted by Gasteiger charge is 2.16. The van der Waals surface area contributed by atoms with E-state index in [2.05, 4.69) is 5.32 Å². The zero-order valence-corrected chi connectivity index (χ0v) is 8.50. The monoisotopic (exact) mass is 213 g/mol. The number of carbonyl (C=O) groups excluding carboxylic acids is 1. The molecule has 0 aromatic heterocycles. The summed E-state index contributed by atoms with van der Waals surface area (Å²) in [5.41, 5.74) is -0.0822. The Labute approximate surface area is 86.7 Å². The van der Waals surface area contributed by atoms with Crippen molar-refractivity contribution in [2.75, 3.05) is 20.7 Å². The van der Waals surface area contributed by atoms with Gasteiger partial charge < -0.3 is 15.2 Å². The van der Waals surface area contributed by atoms with Gasteiger partial charge in [-0.25, -0.2) is 4.39 Å². The number of phenols is 1. The highest BCUT2D eigenvalue weighted by Crippen LogP contribution is 2.30. The maximum Gasteiger partial charge on any atom is 0.180 e. The van der Waals surface area contributed by atoms with Gasteiger partial charge in [0.1, 0.15) is 5.82 Å². The quantitative estimate of drug-likeness (QED) is 0.731. The first-order valence-electron chi connectivity index (χ1n) is 4.34. The first-order chi connectivity index (χ1) is 7.10. The molecule has 0 bridgehead atoms. The molecule has 0 atom stereocenters. The van der Waals surface area contributed by atoms with Crippen molar-refractivity contribution in [1.29, 1.82) is 0 Å². The van der Waals surface area contributed by atoms with E-state index in [4.69, 9.17) is 4.74 Å². The van der Waals surface area contributed by atoms with Crippen LogP contribution in [0.1, 0.15) is 10.4 Å². The maximum absolute atomic E-state index is 13.0. The number of rotatable bonds is 4. The fraction of sp³-hybridized carbons (Fsp3) is 0.300. The second kappa shape index (κ2) is 4.75. The van der Waals surface area contributed by atoms with Crippen LogP contribution in [0.5, 0.6) is 11.5 Å². The van der Waals surface area contributed by atoms with Crippen molar-refractivity contribution < 1.29 is 19.0 Å². The summed E-state index contributed by atoms with van der Waals surface area (Å²) in [7, 11) is 2.88. The predicted molar refractivity (Wildman–Crippen MR) is 52.9 cm³/mol. The summed E-state index contributed by atoms with van der Waals surface area (Å²) in [6, 6.07) is 2.00. The Morgan fingerprint density at radius 2 is 2.27 bits per heavy atom. The second-order valence-corrected chi connectivity index (χ2v) is 2.96. The number of aromatic hydroxyl groups is 1. The van der Waals surface area contributed by atoms with Crippen LogP contribution in [0.2, 0.25) is 0 Å². The van der Waals surface area contributed by atoms with Gasteiger partial charge in [-0.15, -0.1) is 0 Å². The summed E-state index contributed by atoms with van der Waals surface area (Å²) in [4.78, 5) is 11.4. The summed E-state index contributed by atoms with van der Waals surface area (Å²) in [6.07, 6.45) is 0. The molecule has 1 rings (SSSR count). The molecule has 0 unspecified atom stereocenters. The van der Waals surface area contributed by atoms with Gasteiger partial charge in [0.05, 0.1) is 19.2 Å². The van der Waals surface area contributed by atoms with E-state index in [1.807, 2.05) is 0 Å². The molecule has 0 heterocycles. The van der Waals surface area contributed by atoms with Gasteiger partial charge in [0.15, 0.2) is 17.3 Å². The number of hydrogen-bond donors (Lipinski definition) is 2. The smallest absolute Gasteiger partial charge is 0.180 e. The van der Waals surface area contributed by atoms with Crippen molar-refractivity contribution in [1.82, 2.24) is 5.32 Å². The summed E-state index contributed by atoms with van der Waals surface area (Å²) in [5, 5.41) is 12.2. The average Bonchev–Trinajstić information content (AvgIpc) is 2.21. The van der Waals surface area contributed by atoms with Gasteiger partial charge in [0.25, 0.3) is 0 Å². The van der Waals surface area contributed by atoms with Crippen molar-refractivity contribution in [2.45, 2.75) is 0 Å². The van der Waals surface area contributed by atoms with Crippen molar-refractivity contribution in [3.05, 3.63) is 23.5 Å². The van der Waals surface area contributed by atoms with Crippen LogP contribution in [0.25, 0.3) is 0 Å². The molecule has 0 amide bonds. The minimum absolute atomic E-state index is 0.0279. The van der Waals surface area contributed by atoms with Crippen molar-refractivity contribution in [2.24, 2.45) is 0 Å². The number of ketones is 1. The largest absolute Gasteiger partial charge is 0.504 e. The molecule has 0 aliphatic heterocycles. The lowest BCUT2D eigenvalue weighted by atomic mass is 10.1. The van der Waals surface area contributed by atoms with E-state index in [9.17, 15) is 14.3 Å². The fourth-order valence-corrected chi connectivity index (χ4v) is 1.20. The minimum atomic E-state index is -0.621. The van der Waals surface area contributed by atoms with Gasteiger partial charge in [0.2, 0.25) is 0 Å². The van der Waals surface area contributed by atoms with Crippen LogP contribution in [0, 0.1) is 5.82 Å². The molecular formula is C10H12FNO3. The molecule has 0 spiro atoms. The zero-order chi connectivity index (χ0) is 11.4. The molecule has 1 aromatic carbocycles. The van der Waals surface area contributed by atoms with Crippen LogP contribution < -0.4 is 10.1 Å². The highest BCUT2D eigenvalue weighted by molar-refractivity contribution is 6.00. The van der Waals surface area contributed by atoms with Crippen LogP contribution in [0.4, 0.5) is 4.39 Å². The minimum Gasteiger partial charge on any atom is -0.504 e. The molecule has 4 nitrogen and oxygen atoms in total. The topological polar surface area (TPSA) is 58.6 Å². The second-order valence-electron chi connectivity index (χ2n) is 2.96. The maximum atomic E-state index is 13.0. The highest BCUT2D eigenvalue weighted by atomic mass is 19.1. The predicted octanol–water partition coefficient (Wildman–Crippen LogP) is 0.942. The van der Waals surface area contributed by atoms with E-state index in [-0.39, 0.29) is 23.6 Å². The van der Waals surface area contributed by atoms with Gasteiger partial charge in [0, 0.05) is 6.07 Å². The third-order valence-electron chi connectivity index (χ3n) is 1.90. The Bertz CT molecular complexity index is 379. The molecule has 5 heteroatoms.